The Morgan fingerprint density at radius 3 is 2.24 bits per heavy atom. The molecule has 0 spiro atoms. The molecule has 3 rings (SSSR count). The summed E-state index contributed by atoms with van der Waals surface area (Å²) < 4.78 is 65.2. The van der Waals surface area contributed by atoms with E-state index in [4.69, 9.17) is 0 Å². The van der Waals surface area contributed by atoms with Crippen LogP contribution in [0.5, 0.6) is 0 Å². The van der Waals surface area contributed by atoms with Crippen LogP contribution in [0.25, 0.3) is 0 Å². The molecule has 1 aliphatic carbocycles. The standard InChI is InChI=1S/C26H32F3N3O4S/c1-18(2)31-21-11-13-22(14-12-21)32(17-37(35,36)23-9-4-3-5-10-23)24(33)16-30-25(34)19-7-6-8-20(15-19)26(27,28)29/h3-10,15,18,21-22,31H,11-14,16-17H2,1-2H3,(H,30,34). The number of carbonyl (C=O) groups excluding carboxylic acids is 2. The summed E-state index contributed by atoms with van der Waals surface area (Å²) >= 11 is 0. The molecule has 202 valence electrons. The largest absolute Gasteiger partial charge is 0.416 e. The summed E-state index contributed by atoms with van der Waals surface area (Å²) in [7, 11) is -3.85. The molecule has 0 aliphatic heterocycles. The normalized spacial score (nSPS) is 18.4. The number of sulfone groups is 1. The molecular formula is C26H32F3N3O4S. The molecule has 0 heterocycles. The molecule has 1 fully saturated rings. The molecule has 0 aromatic heterocycles. The number of nitrogens with zero attached hydrogens (tertiary/aromatic N) is 1. The second-order valence-electron chi connectivity index (χ2n) is 9.51. The van der Waals surface area contributed by atoms with Crippen LogP contribution in [0.2, 0.25) is 0 Å². The molecule has 0 bridgehead atoms. The van der Waals surface area contributed by atoms with Crippen molar-refractivity contribution in [1.82, 2.24) is 15.5 Å². The molecule has 0 atom stereocenters. The van der Waals surface area contributed by atoms with Crippen molar-refractivity contribution < 1.29 is 31.2 Å². The SMILES string of the molecule is CC(C)NC1CCC(N(CS(=O)(=O)c2ccccc2)C(=O)CNC(=O)c2cccc(C(F)(F)F)c2)CC1. The zero-order valence-electron chi connectivity index (χ0n) is 20.8. The average molecular weight is 540 g/mol. The van der Waals surface area contributed by atoms with E-state index in [2.05, 4.69) is 10.6 Å². The van der Waals surface area contributed by atoms with Crippen molar-refractivity contribution in [2.24, 2.45) is 0 Å². The Kier molecular flexibility index (Phi) is 9.36. The lowest BCUT2D eigenvalue weighted by atomic mass is 9.90. The maximum atomic E-state index is 13.2. The third-order valence-corrected chi connectivity index (χ3v) is 7.90. The molecule has 1 saturated carbocycles. The summed E-state index contributed by atoms with van der Waals surface area (Å²) in [6.07, 6.45) is -1.93. The fourth-order valence-electron chi connectivity index (χ4n) is 4.49. The van der Waals surface area contributed by atoms with E-state index in [0.717, 1.165) is 25.0 Å². The number of halogens is 3. The molecule has 0 radical (unpaired) electrons. The van der Waals surface area contributed by atoms with E-state index in [1.165, 1.54) is 23.1 Å². The van der Waals surface area contributed by atoms with Crippen molar-refractivity contribution >= 4 is 21.7 Å². The fraction of sp³-hybridized carbons (Fsp3) is 0.462. The van der Waals surface area contributed by atoms with Gasteiger partial charge in [0.05, 0.1) is 17.0 Å². The van der Waals surface area contributed by atoms with Crippen LogP contribution in [0.3, 0.4) is 0 Å². The zero-order chi connectivity index (χ0) is 27.2. The van der Waals surface area contributed by atoms with Crippen molar-refractivity contribution in [1.29, 1.82) is 0 Å². The van der Waals surface area contributed by atoms with Gasteiger partial charge in [-0.05, 0) is 56.0 Å². The molecule has 2 amide bonds. The van der Waals surface area contributed by atoms with Gasteiger partial charge >= 0.3 is 6.18 Å². The number of nitrogens with one attached hydrogen (secondary N) is 2. The van der Waals surface area contributed by atoms with Gasteiger partial charge in [0.2, 0.25) is 5.91 Å². The second kappa shape index (κ2) is 12.1. The number of hydrogen-bond acceptors (Lipinski definition) is 5. The van der Waals surface area contributed by atoms with E-state index < -0.39 is 45.8 Å². The molecule has 37 heavy (non-hydrogen) atoms. The van der Waals surface area contributed by atoms with Crippen molar-refractivity contribution in [2.75, 3.05) is 12.4 Å². The molecular weight excluding hydrogens is 507 g/mol. The Labute approximate surface area is 215 Å². The minimum absolute atomic E-state index is 0.0796. The van der Waals surface area contributed by atoms with E-state index in [0.29, 0.717) is 24.9 Å². The smallest absolute Gasteiger partial charge is 0.343 e. The number of carbonyl (C=O) groups is 2. The van der Waals surface area contributed by atoms with Crippen LogP contribution < -0.4 is 10.6 Å². The van der Waals surface area contributed by atoms with Gasteiger partial charge in [-0.25, -0.2) is 8.42 Å². The van der Waals surface area contributed by atoms with Gasteiger partial charge in [-0.1, -0.05) is 38.1 Å². The Morgan fingerprint density at radius 1 is 1.00 bits per heavy atom. The monoisotopic (exact) mass is 539 g/mol. The first-order chi connectivity index (χ1) is 17.4. The number of amides is 2. The predicted molar refractivity (Wildman–Crippen MR) is 133 cm³/mol. The van der Waals surface area contributed by atoms with Crippen molar-refractivity contribution in [3.63, 3.8) is 0 Å². The van der Waals surface area contributed by atoms with Gasteiger partial charge < -0.3 is 15.5 Å². The number of rotatable bonds is 9. The first kappa shape index (κ1) is 28.6. The first-order valence-electron chi connectivity index (χ1n) is 12.2. The van der Waals surface area contributed by atoms with Crippen LogP contribution >= 0.6 is 0 Å². The Balaban J connectivity index is 1.74. The quantitative estimate of drug-likeness (QED) is 0.502. The van der Waals surface area contributed by atoms with Crippen LogP contribution in [0.1, 0.15) is 55.5 Å². The van der Waals surface area contributed by atoms with E-state index in [9.17, 15) is 31.2 Å². The number of benzene rings is 2. The minimum atomic E-state index is -4.61. The number of hydrogen-bond donors (Lipinski definition) is 2. The second-order valence-corrected chi connectivity index (χ2v) is 11.5. The molecule has 0 saturated heterocycles. The van der Waals surface area contributed by atoms with Crippen LogP contribution in [0, 0.1) is 0 Å². The summed E-state index contributed by atoms with van der Waals surface area (Å²) in [6.45, 7) is 3.55. The van der Waals surface area contributed by atoms with Crippen molar-refractivity contribution in [3.8, 4) is 0 Å². The molecule has 7 nitrogen and oxygen atoms in total. The van der Waals surface area contributed by atoms with E-state index in [1.54, 1.807) is 18.2 Å². The van der Waals surface area contributed by atoms with Gasteiger partial charge in [0.25, 0.3) is 5.91 Å². The van der Waals surface area contributed by atoms with Gasteiger partial charge in [0, 0.05) is 23.7 Å². The van der Waals surface area contributed by atoms with Crippen LogP contribution in [0.15, 0.2) is 59.5 Å². The summed E-state index contributed by atoms with van der Waals surface area (Å²) in [5.74, 6) is -2.02. The Bertz CT molecular complexity index is 1180. The highest BCUT2D eigenvalue weighted by Gasteiger charge is 2.33. The van der Waals surface area contributed by atoms with E-state index in [1.807, 2.05) is 13.8 Å². The molecule has 1 aliphatic rings. The third kappa shape index (κ3) is 8.03. The van der Waals surface area contributed by atoms with Crippen LogP contribution in [-0.4, -0.2) is 55.7 Å². The van der Waals surface area contributed by atoms with E-state index >= 15 is 0 Å². The highest BCUT2D eigenvalue weighted by molar-refractivity contribution is 7.91. The van der Waals surface area contributed by atoms with Crippen molar-refractivity contribution in [3.05, 3.63) is 65.7 Å². The zero-order valence-corrected chi connectivity index (χ0v) is 21.6. The van der Waals surface area contributed by atoms with Gasteiger partial charge in [0.1, 0.15) is 5.88 Å². The van der Waals surface area contributed by atoms with Gasteiger partial charge in [0.15, 0.2) is 9.84 Å². The predicted octanol–water partition coefficient (Wildman–Crippen LogP) is 4.00. The minimum Gasteiger partial charge on any atom is -0.343 e. The summed E-state index contributed by atoms with van der Waals surface area (Å²) in [5, 5.41) is 5.81. The van der Waals surface area contributed by atoms with Crippen LogP contribution in [0.4, 0.5) is 13.2 Å². The Morgan fingerprint density at radius 2 is 1.65 bits per heavy atom. The first-order valence-corrected chi connectivity index (χ1v) is 13.8. The molecule has 2 aromatic carbocycles. The topological polar surface area (TPSA) is 95.6 Å². The van der Waals surface area contributed by atoms with Gasteiger partial charge in [-0.2, -0.15) is 13.2 Å². The third-order valence-electron chi connectivity index (χ3n) is 6.29. The van der Waals surface area contributed by atoms with Gasteiger partial charge in [-0.3, -0.25) is 9.59 Å². The maximum Gasteiger partial charge on any atom is 0.416 e. The molecule has 11 heteroatoms. The lowest BCUT2D eigenvalue weighted by molar-refractivity contribution is -0.137. The van der Waals surface area contributed by atoms with Gasteiger partial charge in [-0.15, -0.1) is 0 Å². The molecule has 0 unspecified atom stereocenters. The highest BCUT2D eigenvalue weighted by Crippen LogP contribution is 2.29. The highest BCUT2D eigenvalue weighted by atomic mass is 32.2. The lowest BCUT2D eigenvalue weighted by Crippen LogP contribution is -2.50. The average Bonchev–Trinajstić information content (AvgIpc) is 2.86. The van der Waals surface area contributed by atoms with Crippen molar-refractivity contribution in [2.45, 2.75) is 68.7 Å². The fourth-order valence-corrected chi connectivity index (χ4v) is 5.93. The summed E-state index contributed by atoms with van der Waals surface area (Å²) in [5.41, 5.74) is -1.22. The molecule has 2 aromatic rings. The maximum absolute atomic E-state index is 13.2. The number of alkyl halides is 3. The lowest BCUT2D eigenvalue weighted by Gasteiger charge is -2.37. The summed E-state index contributed by atoms with van der Waals surface area (Å²) in [4.78, 5) is 27.1. The van der Waals surface area contributed by atoms with E-state index in [-0.39, 0.29) is 22.5 Å². The molecule has 2 N–H and O–H groups in total. The summed E-state index contributed by atoms with van der Waals surface area (Å²) in [6, 6.07) is 11.9. The van der Waals surface area contributed by atoms with Crippen LogP contribution in [-0.2, 0) is 20.8 Å². The Hall–Kier alpha value is -2.92.